The molecule has 0 aliphatic heterocycles. The predicted molar refractivity (Wildman–Crippen MR) is 78.4 cm³/mol. The van der Waals surface area contributed by atoms with Crippen LogP contribution in [0, 0.1) is 5.82 Å². The molecule has 100 valence electrons. The molecule has 0 saturated heterocycles. The first-order chi connectivity index (χ1) is 9.08. The number of aryl methyl sites for hydroxylation is 1. The van der Waals surface area contributed by atoms with Gasteiger partial charge in [-0.1, -0.05) is 18.5 Å². The first-order valence-corrected chi connectivity index (χ1v) is 7.01. The highest BCUT2D eigenvalue weighted by Crippen LogP contribution is 2.22. The third kappa shape index (κ3) is 3.88. The van der Waals surface area contributed by atoms with E-state index in [9.17, 15) is 4.39 Å². The second-order valence-corrected chi connectivity index (χ2v) is 5.22. The van der Waals surface area contributed by atoms with E-state index in [0.717, 1.165) is 18.7 Å². The lowest BCUT2D eigenvalue weighted by Crippen LogP contribution is -2.00. The van der Waals surface area contributed by atoms with Gasteiger partial charge >= 0.3 is 0 Å². The summed E-state index contributed by atoms with van der Waals surface area (Å²) in [6.45, 7) is 2.06. The fourth-order valence-electron chi connectivity index (χ4n) is 1.59. The van der Waals surface area contributed by atoms with Crippen LogP contribution < -0.4 is 5.32 Å². The number of aromatic nitrogens is 2. The molecule has 0 aliphatic carbocycles. The van der Waals surface area contributed by atoms with Crippen molar-refractivity contribution in [3.63, 3.8) is 0 Å². The van der Waals surface area contributed by atoms with Crippen LogP contribution in [0.3, 0.4) is 0 Å². The van der Waals surface area contributed by atoms with Crippen molar-refractivity contribution in [3.05, 3.63) is 45.5 Å². The molecule has 1 aromatic heterocycles. The van der Waals surface area contributed by atoms with Crippen molar-refractivity contribution in [3.8, 4) is 0 Å². The number of halogens is 3. The zero-order valence-electron chi connectivity index (χ0n) is 10.3. The maximum absolute atomic E-state index is 13.3. The van der Waals surface area contributed by atoms with Gasteiger partial charge in [0, 0.05) is 18.2 Å². The smallest absolute Gasteiger partial charge is 0.143 e. The standard InChI is InChI=1S/C13H12BrClFN3/c1-2-3-12-18-11(14)7-13(19-12)17-8-4-5-9(15)10(16)6-8/h4-7H,2-3H2,1H3,(H,17,18,19). The molecule has 0 amide bonds. The molecule has 0 saturated carbocycles. The fraction of sp³-hybridized carbons (Fsp3) is 0.231. The Labute approximate surface area is 124 Å². The molecule has 0 fully saturated rings. The van der Waals surface area contributed by atoms with Crippen LogP contribution in [-0.4, -0.2) is 9.97 Å². The van der Waals surface area contributed by atoms with Gasteiger partial charge in [-0.3, -0.25) is 0 Å². The van der Waals surface area contributed by atoms with Gasteiger partial charge in [-0.25, -0.2) is 14.4 Å². The highest BCUT2D eigenvalue weighted by Gasteiger charge is 2.05. The van der Waals surface area contributed by atoms with E-state index in [-0.39, 0.29) is 5.02 Å². The van der Waals surface area contributed by atoms with Crippen LogP contribution in [-0.2, 0) is 6.42 Å². The molecule has 6 heteroatoms. The quantitative estimate of drug-likeness (QED) is 0.815. The van der Waals surface area contributed by atoms with E-state index in [1.807, 2.05) is 0 Å². The molecule has 0 radical (unpaired) electrons. The molecule has 0 bridgehead atoms. The van der Waals surface area contributed by atoms with Gasteiger partial charge in [0.2, 0.25) is 0 Å². The molecular formula is C13H12BrClFN3. The molecule has 0 atom stereocenters. The number of nitrogens with zero attached hydrogens (tertiary/aromatic N) is 2. The molecule has 1 N–H and O–H groups in total. The first-order valence-electron chi connectivity index (χ1n) is 5.84. The highest BCUT2D eigenvalue weighted by molar-refractivity contribution is 9.10. The SMILES string of the molecule is CCCc1nc(Br)cc(Nc2ccc(Cl)c(F)c2)n1. The van der Waals surface area contributed by atoms with Gasteiger partial charge in [-0.15, -0.1) is 0 Å². The van der Waals surface area contributed by atoms with Crippen molar-refractivity contribution in [2.45, 2.75) is 19.8 Å². The van der Waals surface area contributed by atoms with Crippen molar-refractivity contribution in [1.82, 2.24) is 9.97 Å². The topological polar surface area (TPSA) is 37.8 Å². The summed E-state index contributed by atoms with van der Waals surface area (Å²) in [5, 5.41) is 3.13. The number of hydrogen-bond donors (Lipinski definition) is 1. The minimum Gasteiger partial charge on any atom is -0.340 e. The second kappa shape index (κ2) is 6.30. The molecule has 19 heavy (non-hydrogen) atoms. The van der Waals surface area contributed by atoms with E-state index in [2.05, 4.69) is 38.1 Å². The average Bonchev–Trinajstić information content (AvgIpc) is 2.33. The lowest BCUT2D eigenvalue weighted by Gasteiger charge is -2.08. The highest BCUT2D eigenvalue weighted by atomic mass is 79.9. The lowest BCUT2D eigenvalue weighted by atomic mass is 10.3. The van der Waals surface area contributed by atoms with E-state index in [4.69, 9.17) is 11.6 Å². The Kier molecular flexibility index (Phi) is 4.71. The number of anilines is 2. The van der Waals surface area contributed by atoms with Crippen molar-refractivity contribution in [2.24, 2.45) is 0 Å². The Morgan fingerprint density at radius 3 is 2.79 bits per heavy atom. The van der Waals surface area contributed by atoms with Crippen LogP contribution in [0.5, 0.6) is 0 Å². The molecule has 2 rings (SSSR count). The first kappa shape index (κ1) is 14.2. The Morgan fingerprint density at radius 1 is 1.32 bits per heavy atom. The Bertz CT molecular complexity index is 592. The van der Waals surface area contributed by atoms with Gasteiger partial charge in [-0.05, 0) is 40.5 Å². The van der Waals surface area contributed by atoms with Gasteiger partial charge < -0.3 is 5.32 Å². The summed E-state index contributed by atoms with van der Waals surface area (Å²) in [5.74, 6) is 0.898. The second-order valence-electron chi connectivity index (χ2n) is 4.00. The molecule has 0 unspecified atom stereocenters. The Hall–Kier alpha value is -1.20. The summed E-state index contributed by atoms with van der Waals surface area (Å²) < 4.78 is 14.0. The summed E-state index contributed by atoms with van der Waals surface area (Å²) in [5.41, 5.74) is 0.593. The summed E-state index contributed by atoms with van der Waals surface area (Å²) in [6, 6.07) is 6.27. The fourth-order valence-corrected chi connectivity index (χ4v) is 2.12. The van der Waals surface area contributed by atoms with E-state index >= 15 is 0 Å². The summed E-state index contributed by atoms with van der Waals surface area (Å²) in [7, 11) is 0. The van der Waals surface area contributed by atoms with Gasteiger partial charge in [0.15, 0.2) is 0 Å². The third-order valence-corrected chi connectivity index (χ3v) is 3.12. The monoisotopic (exact) mass is 343 g/mol. The Balaban J connectivity index is 2.24. The molecule has 0 aliphatic rings. The van der Waals surface area contributed by atoms with Gasteiger partial charge in [0.05, 0.1) is 5.02 Å². The van der Waals surface area contributed by atoms with Crippen LogP contribution in [0.2, 0.25) is 5.02 Å². The van der Waals surface area contributed by atoms with Crippen molar-refractivity contribution in [2.75, 3.05) is 5.32 Å². The van der Waals surface area contributed by atoms with E-state index in [0.29, 0.717) is 16.1 Å². The molecular weight excluding hydrogens is 333 g/mol. The van der Waals surface area contributed by atoms with Crippen LogP contribution in [0.15, 0.2) is 28.9 Å². The minimum absolute atomic E-state index is 0.0982. The van der Waals surface area contributed by atoms with Crippen molar-refractivity contribution < 1.29 is 4.39 Å². The molecule has 3 nitrogen and oxygen atoms in total. The Morgan fingerprint density at radius 2 is 2.11 bits per heavy atom. The van der Waals surface area contributed by atoms with Gasteiger partial charge in [0.1, 0.15) is 22.1 Å². The molecule has 1 aromatic carbocycles. The maximum Gasteiger partial charge on any atom is 0.143 e. The van der Waals surface area contributed by atoms with Crippen molar-refractivity contribution >= 4 is 39.0 Å². The average molecular weight is 345 g/mol. The minimum atomic E-state index is -0.464. The van der Waals surface area contributed by atoms with Crippen LogP contribution in [0.1, 0.15) is 19.2 Å². The van der Waals surface area contributed by atoms with Crippen LogP contribution >= 0.6 is 27.5 Å². The van der Waals surface area contributed by atoms with Crippen LogP contribution in [0.4, 0.5) is 15.9 Å². The van der Waals surface area contributed by atoms with E-state index < -0.39 is 5.82 Å². The van der Waals surface area contributed by atoms with E-state index in [1.54, 1.807) is 12.1 Å². The summed E-state index contributed by atoms with van der Waals surface area (Å²) in [6.07, 6.45) is 1.76. The third-order valence-electron chi connectivity index (χ3n) is 2.41. The molecule has 1 heterocycles. The van der Waals surface area contributed by atoms with E-state index in [1.165, 1.54) is 12.1 Å². The zero-order valence-corrected chi connectivity index (χ0v) is 12.6. The maximum atomic E-state index is 13.3. The normalized spacial score (nSPS) is 10.5. The number of hydrogen-bond acceptors (Lipinski definition) is 3. The largest absolute Gasteiger partial charge is 0.340 e. The number of benzene rings is 1. The van der Waals surface area contributed by atoms with Crippen molar-refractivity contribution in [1.29, 1.82) is 0 Å². The van der Waals surface area contributed by atoms with Crippen LogP contribution in [0.25, 0.3) is 0 Å². The van der Waals surface area contributed by atoms with Gasteiger partial charge in [-0.2, -0.15) is 0 Å². The summed E-state index contributed by atoms with van der Waals surface area (Å²) in [4.78, 5) is 8.63. The molecule has 0 spiro atoms. The molecule has 2 aromatic rings. The zero-order chi connectivity index (χ0) is 13.8. The lowest BCUT2D eigenvalue weighted by molar-refractivity contribution is 0.629. The number of nitrogens with one attached hydrogen (secondary N) is 1. The summed E-state index contributed by atoms with van der Waals surface area (Å²) >= 11 is 8.98. The number of rotatable bonds is 4. The predicted octanol–water partition coefficient (Wildman–Crippen LogP) is 4.73. The van der Waals surface area contributed by atoms with Gasteiger partial charge in [0.25, 0.3) is 0 Å².